The zero-order chi connectivity index (χ0) is 17.6. The van der Waals surface area contributed by atoms with E-state index in [1.807, 2.05) is 30.3 Å². The van der Waals surface area contributed by atoms with E-state index in [2.05, 4.69) is 5.32 Å². The van der Waals surface area contributed by atoms with Crippen molar-refractivity contribution in [2.45, 2.75) is 69.5 Å². The van der Waals surface area contributed by atoms with Crippen molar-refractivity contribution < 1.29 is 14.7 Å². The second kappa shape index (κ2) is 8.48. The van der Waals surface area contributed by atoms with Crippen LogP contribution in [-0.4, -0.2) is 46.6 Å². The third-order valence-corrected chi connectivity index (χ3v) is 5.44. The van der Waals surface area contributed by atoms with Crippen molar-refractivity contribution in [3.63, 3.8) is 0 Å². The Hall–Kier alpha value is -1.88. The summed E-state index contributed by atoms with van der Waals surface area (Å²) in [5.41, 5.74) is 1.11. The average molecular weight is 344 g/mol. The van der Waals surface area contributed by atoms with Crippen molar-refractivity contribution in [2.24, 2.45) is 0 Å². The second-order valence-electron chi connectivity index (χ2n) is 7.27. The molecule has 5 heteroatoms. The topological polar surface area (TPSA) is 69.6 Å². The number of rotatable bonds is 6. The Balaban J connectivity index is 1.74. The normalized spacial score (nSPS) is 22.7. The SMILES string of the molecule is O=C(O)[C@@H]1CCCN1C(=O)[C@@H](Cc1ccccc1)NC1CCCCC1. The zero-order valence-corrected chi connectivity index (χ0v) is 14.7. The molecule has 0 spiro atoms. The minimum absolute atomic E-state index is 0.0562. The minimum atomic E-state index is -0.887. The number of carbonyl (C=O) groups is 2. The van der Waals surface area contributed by atoms with Gasteiger partial charge < -0.3 is 15.3 Å². The highest BCUT2D eigenvalue weighted by Crippen LogP contribution is 2.22. The van der Waals surface area contributed by atoms with Crippen LogP contribution in [0.1, 0.15) is 50.5 Å². The lowest BCUT2D eigenvalue weighted by atomic mass is 9.93. The Morgan fingerprint density at radius 1 is 1.08 bits per heavy atom. The standard InChI is InChI=1S/C20H28N2O3/c23-19(22-13-7-12-18(22)20(24)25)17(14-15-8-3-1-4-9-15)21-16-10-5-2-6-11-16/h1,3-4,8-9,16-18,21H,2,5-7,10-14H2,(H,24,25)/t17-,18+/m1/s1. The van der Waals surface area contributed by atoms with E-state index in [1.54, 1.807) is 4.90 Å². The highest BCUT2D eigenvalue weighted by Gasteiger charge is 2.37. The fourth-order valence-corrected chi connectivity index (χ4v) is 4.11. The lowest BCUT2D eigenvalue weighted by Crippen LogP contribution is -2.53. The van der Waals surface area contributed by atoms with Gasteiger partial charge in [0.25, 0.3) is 0 Å². The molecule has 2 N–H and O–H groups in total. The molecule has 1 saturated carbocycles. The van der Waals surface area contributed by atoms with Gasteiger partial charge in [0.05, 0.1) is 6.04 Å². The van der Waals surface area contributed by atoms with E-state index < -0.39 is 12.0 Å². The van der Waals surface area contributed by atoms with Gasteiger partial charge >= 0.3 is 5.97 Å². The third-order valence-electron chi connectivity index (χ3n) is 5.44. The van der Waals surface area contributed by atoms with Crippen molar-refractivity contribution in [3.8, 4) is 0 Å². The number of likely N-dealkylation sites (tertiary alicyclic amines) is 1. The summed E-state index contributed by atoms with van der Waals surface area (Å²) >= 11 is 0. The fourth-order valence-electron chi connectivity index (χ4n) is 4.11. The molecule has 0 radical (unpaired) electrons. The van der Waals surface area contributed by atoms with Gasteiger partial charge in [-0.05, 0) is 37.7 Å². The first-order chi connectivity index (χ1) is 12.1. The molecule has 2 fully saturated rings. The van der Waals surface area contributed by atoms with E-state index in [0.717, 1.165) is 24.8 Å². The number of carboxylic acids is 1. The summed E-state index contributed by atoms with van der Waals surface area (Å²) in [5.74, 6) is -0.943. The highest BCUT2D eigenvalue weighted by molar-refractivity contribution is 5.87. The van der Waals surface area contributed by atoms with Crippen molar-refractivity contribution in [3.05, 3.63) is 35.9 Å². The number of nitrogens with one attached hydrogen (secondary N) is 1. The minimum Gasteiger partial charge on any atom is -0.480 e. The number of hydrogen-bond donors (Lipinski definition) is 2. The molecule has 1 aliphatic heterocycles. The lowest BCUT2D eigenvalue weighted by molar-refractivity contribution is -0.149. The van der Waals surface area contributed by atoms with Crippen LogP contribution in [0.25, 0.3) is 0 Å². The Morgan fingerprint density at radius 2 is 1.80 bits per heavy atom. The van der Waals surface area contributed by atoms with Gasteiger partial charge in [0.1, 0.15) is 6.04 Å². The van der Waals surface area contributed by atoms with E-state index in [0.29, 0.717) is 25.4 Å². The summed E-state index contributed by atoms with van der Waals surface area (Å²) < 4.78 is 0. The van der Waals surface area contributed by atoms with Crippen molar-refractivity contribution in [1.82, 2.24) is 10.2 Å². The number of aliphatic carboxylic acids is 1. The van der Waals surface area contributed by atoms with Gasteiger partial charge in [0.2, 0.25) is 5.91 Å². The molecule has 1 aromatic carbocycles. The van der Waals surface area contributed by atoms with Crippen molar-refractivity contribution >= 4 is 11.9 Å². The van der Waals surface area contributed by atoms with E-state index >= 15 is 0 Å². The monoisotopic (exact) mass is 344 g/mol. The Labute approximate surface area is 149 Å². The fraction of sp³-hybridized carbons (Fsp3) is 0.600. The van der Waals surface area contributed by atoms with Crippen LogP contribution in [0.15, 0.2) is 30.3 Å². The van der Waals surface area contributed by atoms with Crippen molar-refractivity contribution in [2.75, 3.05) is 6.54 Å². The molecule has 2 atom stereocenters. The van der Waals surface area contributed by atoms with Crippen LogP contribution in [0.3, 0.4) is 0 Å². The van der Waals surface area contributed by atoms with Crippen LogP contribution in [0, 0.1) is 0 Å². The molecule has 136 valence electrons. The molecule has 3 rings (SSSR count). The molecule has 5 nitrogen and oxygen atoms in total. The van der Waals surface area contributed by atoms with Crippen LogP contribution in [0.4, 0.5) is 0 Å². The molecule has 2 aliphatic rings. The first kappa shape index (κ1) is 17.9. The third kappa shape index (κ3) is 4.60. The summed E-state index contributed by atoms with van der Waals surface area (Å²) in [6, 6.07) is 9.33. The maximum absolute atomic E-state index is 13.1. The van der Waals surface area contributed by atoms with Crippen LogP contribution in [-0.2, 0) is 16.0 Å². The summed E-state index contributed by atoms with van der Waals surface area (Å²) in [5, 5.41) is 13.0. The number of carbonyl (C=O) groups excluding carboxylic acids is 1. The summed E-state index contributed by atoms with van der Waals surface area (Å²) in [6.45, 7) is 0.549. The molecular weight excluding hydrogens is 316 g/mol. The number of carboxylic acid groups (broad SMARTS) is 1. The van der Waals surface area contributed by atoms with Crippen LogP contribution < -0.4 is 5.32 Å². The van der Waals surface area contributed by atoms with E-state index in [-0.39, 0.29) is 11.9 Å². The maximum Gasteiger partial charge on any atom is 0.326 e. The number of hydrogen-bond acceptors (Lipinski definition) is 3. The summed E-state index contributed by atoms with van der Waals surface area (Å²) in [7, 11) is 0. The van der Waals surface area contributed by atoms with Gasteiger partial charge in [0, 0.05) is 12.6 Å². The van der Waals surface area contributed by atoms with Gasteiger partial charge in [-0.1, -0.05) is 49.6 Å². The quantitative estimate of drug-likeness (QED) is 0.832. The molecule has 1 heterocycles. The highest BCUT2D eigenvalue weighted by atomic mass is 16.4. The Morgan fingerprint density at radius 3 is 2.48 bits per heavy atom. The van der Waals surface area contributed by atoms with E-state index in [4.69, 9.17) is 0 Å². The molecule has 0 unspecified atom stereocenters. The zero-order valence-electron chi connectivity index (χ0n) is 14.7. The number of benzene rings is 1. The molecule has 1 aromatic rings. The van der Waals surface area contributed by atoms with Crippen LogP contribution in [0.5, 0.6) is 0 Å². The van der Waals surface area contributed by atoms with Gasteiger partial charge in [-0.25, -0.2) is 4.79 Å². The van der Waals surface area contributed by atoms with Crippen LogP contribution in [0.2, 0.25) is 0 Å². The molecular formula is C20H28N2O3. The Bertz CT molecular complexity index is 584. The predicted molar refractivity (Wildman–Crippen MR) is 96.3 cm³/mol. The van der Waals surface area contributed by atoms with Crippen LogP contribution >= 0.6 is 0 Å². The molecule has 25 heavy (non-hydrogen) atoms. The number of amides is 1. The largest absolute Gasteiger partial charge is 0.480 e. The maximum atomic E-state index is 13.1. The molecule has 0 aromatic heterocycles. The van der Waals surface area contributed by atoms with E-state index in [9.17, 15) is 14.7 Å². The van der Waals surface area contributed by atoms with Gasteiger partial charge in [-0.3, -0.25) is 4.79 Å². The second-order valence-corrected chi connectivity index (χ2v) is 7.27. The molecule has 1 amide bonds. The molecule has 1 saturated heterocycles. The van der Waals surface area contributed by atoms with Gasteiger partial charge in [0.15, 0.2) is 0 Å². The lowest BCUT2D eigenvalue weighted by Gasteiger charge is -2.32. The van der Waals surface area contributed by atoms with E-state index in [1.165, 1.54) is 19.3 Å². The first-order valence-electron chi connectivity index (χ1n) is 9.48. The van der Waals surface area contributed by atoms with Crippen molar-refractivity contribution in [1.29, 1.82) is 0 Å². The average Bonchev–Trinajstić information content (AvgIpc) is 3.12. The molecule has 1 aliphatic carbocycles. The summed E-state index contributed by atoms with van der Waals surface area (Å²) in [6.07, 6.45) is 7.80. The smallest absolute Gasteiger partial charge is 0.326 e. The van der Waals surface area contributed by atoms with Gasteiger partial charge in [-0.15, -0.1) is 0 Å². The molecule has 0 bridgehead atoms. The number of nitrogens with zero attached hydrogens (tertiary/aromatic N) is 1. The first-order valence-corrected chi connectivity index (χ1v) is 9.48. The van der Waals surface area contributed by atoms with Gasteiger partial charge in [-0.2, -0.15) is 0 Å². The predicted octanol–water partition coefficient (Wildman–Crippen LogP) is 2.60. The summed E-state index contributed by atoms with van der Waals surface area (Å²) in [4.78, 5) is 26.2. The Kier molecular flexibility index (Phi) is 6.08.